The minimum atomic E-state index is -0.897. The number of aromatic amines is 1. The molecular weight excluding hydrogens is 368 g/mol. The predicted octanol–water partition coefficient (Wildman–Crippen LogP) is 2.19. The minimum Gasteiger partial charge on any atom is -0.358 e. The smallest absolute Gasteiger partial charge is 0.254 e. The largest absolute Gasteiger partial charge is 0.358 e. The lowest BCUT2D eigenvalue weighted by atomic mass is 10.0. The van der Waals surface area contributed by atoms with E-state index in [-0.39, 0.29) is 24.1 Å². The first-order valence-corrected chi connectivity index (χ1v) is 9.67. The van der Waals surface area contributed by atoms with Crippen molar-refractivity contribution in [2.45, 2.75) is 25.4 Å². The fourth-order valence-corrected chi connectivity index (χ4v) is 4.14. The van der Waals surface area contributed by atoms with E-state index in [1.165, 1.54) is 0 Å². The summed E-state index contributed by atoms with van der Waals surface area (Å²) in [7, 11) is 0. The molecule has 29 heavy (non-hydrogen) atoms. The lowest BCUT2D eigenvalue weighted by molar-refractivity contribution is -0.134. The molecule has 2 aliphatic heterocycles. The summed E-state index contributed by atoms with van der Waals surface area (Å²) in [5, 5.41) is 6.56. The molecule has 0 bridgehead atoms. The summed E-state index contributed by atoms with van der Waals surface area (Å²) >= 11 is 0. The van der Waals surface area contributed by atoms with Crippen LogP contribution >= 0.6 is 0 Å². The second kappa shape index (κ2) is 6.77. The average molecular weight is 388 g/mol. The Kier molecular flexibility index (Phi) is 4.08. The SMILES string of the molecule is O=C1N[C@@H](CC(=O)N2CCc3[nH]c4ccccc4c3C2)C(=O)Nc2ccccc21. The van der Waals surface area contributed by atoms with Gasteiger partial charge in [0.15, 0.2) is 0 Å². The summed E-state index contributed by atoms with van der Waals surface area (Å²) in [6.07, 6.45) is 0.674. The van der Waals surface area contributed by atoms with E-state index in [0.29, 0.717) is 24.3 Å². The molecule has 2 aromatic carbocycles. The number of anilines is 1. The first kappa shape index (κ1) is 17.5. The van der Waals surface area contributed by atoms with E-state index in [2.05, 4.69) is 21.7 Å². The van der Waals surface area contributed by atoms with E-state index < -0.39 is 6.04 Å². The number of nitrogens with zero attached hydrogens (tertiary/aromatic N) is 1. The van der Waals surface area contributed by atoms with Crippen molar-refractivity contribution in [3.8, 4) is 0 Å². The van der Waals surface area contributed by atoms with Crippen LogP contribution in [0, 0.1) is 0 Å². The molecule has 3 N–H and O–H groups in total. The number of carbonyl (C=O) groups is 3. The summed E-state index contributed by atoms with van der Waals surface area (Å²) < 4.78 is 0. The van der Waals surface area contributed by atoms with Crippen molar-refractivity contribution >= 4 is 34.3 Å². The predicted molar refractivity (Wildman–Crippen MR) is 108 cm³/mol. The molecule has 0 fully saturated rings. The fraction of sp³-hybridized carbons (Fsp3) is 0.227. The molecule has 7 nitrogen and oxygen atoms in total. The number of para-hydroxylation sites is 2. The Bertz CT molecular complexity index is 1150. The molecule has 7 heteroatoms. The number of fused-ring (bicyclic) bond motifs is 4. The molecule has 1 atom stereocenters. The maximum absolute atomic E-state index is 13.0. The molecule has 2 aliphatic rings. The molecule has 0 unspecified atom stereocenters. The van der Waals surface area contributed by atoms with Crippen LogP contribution in [0.15, 0.2) is 48.5 Å². The molecule has 3 aromatic rings. The maximum atomic E-state index is 13.0. The number of nitrogens with one attached hydrogen (secondary N) is 3. The highest BCUT2D eigenvalue weighted by atomic mass is 16.2. The Balaban J connectivity index is 1.33. The Morgan fingerprint density at radius 3 is 2.76 bits per heavy atom. The van der Waals surface area contributed by atoms with Gasteiger partial charge in [0.2, 0.25) is 11.8 Å². The summed E-state index contributed by atoms with van der Waals surface area (Å²) in [4.78, 5) is 43.2. The number of hydrogen-bond donors (Lipinski definition) is 3. The Morgan fingerprint density at radius 1 is 1.07 bits per heavy atom. The van der Waals surface area contributed by atoms with Crippen LogP contribution in [-0.4, -0.2) is 40.2 Å². The van der Waals surface area contributed by atoms with E-state index in [0.717, 1.165) is 28.6 Å². The number of benzene rings is 2. The first-order chi connectivity index (χ1) is 14.1. The molecule has 3 heterocycles. The minimum absolute atomic E-state index is 0.0662. The molecule has 0 spiro atoms. The highest BCUT2D eigenvalue weighted by Gasteiger charge is 2.32. The summed E-state index contributed by atoms with van der Waals surface area (Å²) in [6, 6.07) is 14.0. The average Bonchev–Trinajstić information content (AvgIpc) is 3.05. The monoisotopic (exact) mass is 388 g/mol. The lowest BCUT2D eigenvalue weighted by Crippen LogP contribution is -2.46. The van der Waals surface area contributed by atoms with Crippen molar-refractivity contribution in [3.63, 3.8) is 0 Å². The van der Waals surface area contributed by atoms with Crippen molar-refractivity contribution < 1.29 is 14.4 Å². The fourth-order valence-electron chi connectivity index (χ4n) is 4.14. The van der Waals surface area contributed by atoms with Crippen LogP contribution in [0.2, 0.25) is 0 Å². The molecule has 1 aromatic heterocycles. The normalized spacial score (nSPS) is 18.5. The van der Waals surface area contributed by atoms with Gasteiger partial charge in [0.05, 0.1) is 17.7 Å². The van der Waals surface area contributed by atoms with Gasteiger partial charge in [0, 0.05) is 41.7 Å². The molecular formula is C22H20N4O3. The standard InChI is InChI=1S/C22H20N4O3/c27-20(11-19-22(29)24-17-8-4-2-6-14(17)21(28)25-19)26-10-9-18-15(12-26)13-5-1-3-7-16(13)23-18/h1-8,19,23H,9-12H2,(H,24,29)(H,25,28)/t19-/m0/s1. The summed E-state index contributed by atoms with van der Waals surface area (Å²) in [6.45, 7) is 1.09. The third-order valence-corrected chi connectivity index (χ3v) is 5.67. The van der Waals surface area contributed by atoms with Crippen LogP contribution < -0.4 is 10.6 Å². The number of rotatable bonds is 2. The zero-order valence-corrected chi connectivity index (χ0v) is 15.7. The zero-order chi connectivity index (χ0) is 20.0. The van der Waals surface area contributed by atoms with Gasteiger partial charge in [-0.05, 0) is 18.2 Å². The van der Waals surface area contributed by atoms with Crippen LogP contribution in [0.5, 0.6) is 0 Å². The second-order valence-electron chi connectivity index (χ2n) is 7.46. The molecule has 0 aliphatic carbocycles. The van der Waals surface area contributed by atoms with Gasteiger partial charge in [-0.1, -0.05) is 30.3 Å². The van der Waals surface area contributed by atoms with Gasteiger partial charge < -0.3 is 20.5 Å². The molecule has 0 saturated heterocycles. The molecule has 0 saturated carbocycles. The third kappa shape index (κ3) is 3.04. The van der Waals surface area contributed by atoms with Crippen LogP contribution in [0.3, 0.4) is 0 Å². The van der Waals surface area contributed by atoms with Crippen LogP contribution in [-0.2, 0) is 22.6 Å². The van der Waals surface area contributed by atoms with Crippen LogP contribution in [0.25, 0.3) is 10.9 Å². The van der Waals surface area contributed by atoms with Gasteiger partial charge in [-0.25, -0.2) is 0 Å². The Morgan fingerprint density at radius 2 is 1.86 bits per heavy atom. The van der Waals surface area contributed by atoms with E-state index in [1.807, 2.05) is 18.2 Å². The Labute approximate surface area is 167 Å². The maximum Gasteiger partial charge on any atom is 0.254 e. The topological polar surface area (TPSA) is 94.3 Å². The van der Waals surface area contributed by atoms with Crippen molar-refractivity contribution in [2.24, 2.45) is 0 Å². The van der Waals surface area contributed by atoms with E-state index >= 15 is 0 Å². The molecule has 3 amide bonds. The number of aromatic nitrogens is 1. The van der Waals surface area contributed by atoms with E-state index in [9.17, 15) is 14.4 Å². The molecule has 5 rings (SSSR count). The van der Waals surface area contributed by atoms with Crippen LogP contribution in [0.4, 0.5) is 5.69 Å². The quantitative estimate of drug-likeness (QED) is 0.628. The number of hydrogen-bond acceptors (Lipinski definition) is 3. The van der Waals surface area contributed by atoms with Gasteiger partial charge in [-0.2, -0.15) is 0 Å². The highest BCUT2D eigenvalue weighted by Crippen LogP contribution is 2.28. The Hall–Kier alpha value is -3.61. The van der Waals surface area contributed by atoms with Gasteiger partial charge in [-0.3, -0.25) is 14.4 Å². The van der Waals surface area contributed by atoms with Crippen molar-refractivity contribution in [1.29, 1.82) is 0 Å². The zero-order valence-electron chi connectivity index (χ0n) is 15.7. The van der Waals surface area contributed by atoms with E-state index in [1.54, 1.807) is 29.2 Å². The first-order valence-electron chi connectivity index (χ1n) is 9.67. The van der Waals surface area contributed by atoms with Crippen LogP contribution in [0.1, 0.15) is 28.0 Å². The number of amides is 3. The van der Waals surface area contributed by atoms with Crippen molar-refractivity contribution in [3.05, 3.63) is 65.4 Å². The van der Waals surface area contributed by atoms with Crippen molar-refractivity contribution in [1.82, 2.24) is 15.2 Å². The van der Waals surface area contributed by atoms with Gasteiger partial charge in [-0.15, -0.1) is 0 Å². The number of carbonyl (C=O) groups excluding carboxylic acids is 3. The molecule has 0 radical (unpaired) electrons. The summed E-state index contributed by atoms with van der Waals surface area (Å²) in [5.74, 6) is -0.872. The highest BCUT2D eigenvalue weighted by molar-refractivity contribution is 6.10. The van der Waals surface area contributed by atoms with Crippen molar-refractivity contribution in [2.75, 3.05) is 11.9 Å². The molecule has 146 valence electrons. The summed E-state index contributed by atoms with van der Waals surface area (Å²) in [5.41, 5.74) is 4.22. The number of H-pyrrole nitrogens is 1. The van der Waals surface area contributed by atoms with Gasteiger partial charge in [0.25, 0.3) is 5.91 Å². The third-order valence-electron chi connectivity index (χ3n) is 5.67. The van der Waals surface area contributed by atoms with Gasteiger partial charge in [0.1, 0.15) is 6.04 Å². The lowest BCUT2D eigenvalue weighted by Gasteiger charge is -2.28. The second-order valence-corrected chi connectivity index (χ2v) is 7.46. The van der Waals surface area contributed by atoms with Gasteiger partial charge >= 0.3 is 0 Å². The van der Waals surface area contributed by atoms with E-state index in [4.69, 9.17) is 0 Å².